The van der Waals surface area contributed by atoms with Gasteiger partial charge in [-0.2, -0.15) is 0 Å². The minimum Gasteiger partial charge on any atom is -0.384 e. The molecule has 0 saturated carbocycles. The van der Waals surface area contributed by atoms with E-state index in [2.05, 4.69) is 13.8 Å². The molecule has 0 radical (unpaired) electrons. The third-order valence-corrected chi connectivity index (χ3v) is 2.84. The van der Waals surface area contributed by atoms with Crippen LogP contribution in [0, 0.1) is 5.92 Å². The maximum absolute atomic E-state index is 11.6. The lowest BCUT2D eigenvalue weighted by atomic mass is 10.0. The predicted octanol–water partition coefficient (Wildman–Crippen LogP) is 3.98. The van der Waals surface area contributed by atoms with Crippen LogP contribution in [-0.4, -0.2) is 19.5 Å². The van der Waals surface area contributed by atoms with Crippen molar-refractivity contribution < 1.29 is 9.53 Å². The van der Waals surface area contributed by atoms with Crippen LogP contribution in [0.15, 0.2) is 0 Å². The lowest BCUT2D eigenvalue weighted by Crippen LogP contribution is -2.10. The monoisotopic (exact) mass is 228 g/mol. The van der Waals surface area contributed by atoms with Gasteiger partial charge in [-0.3, -0.25) is 4.79 Å². The third-order valence-electron chi connectivity index (χ3n) is 2.84. The molecule has 2 nitrogen and oxygen atoms in total. The van der Waals surface area contributed by atoms with E-state index in [0.717, 1.165) is 12.8 Å². The van der Waals surface area contributed by atoms with Crippen LogP contribution < -0.4 is 0 Å². The summed E-state index contributed by atoms with van der Waals surface area (Å²) in [6.45, 7) is 4.99. The van der Waals surface area contributed by atoms with E-state index in [0.29, 0.717) is 24.7 Å². The van der Waals surface area contributed by atoms with Gasteiger partial charge in [0.05, 0.1) is 0 Å². The molecule has 0 spiro atoms. The van der Waals surface area contributed by atoms with E-state index in [1.807, 2.05) is 0 Å². The van der Waals surface area contributed by atoms with E-state index in [1.54, 1.807) is 7.11 Å². The second kappa shape index (κ2) is 11.1. The van der Waals surface area contributed by atoms with Gasteiger partial charge in [0.2, 0.25) is 0 Å². The van der Waals surface area contributed by atoms with Gasteiger partial charge in [-0.05, 0) is 12.3 Å². The van der Waals surface area contributed by atoms with E-state index < -0.39 is 0 Å². The summed E-state index contributed by atoms with van der Waals surface area (Å²) >= 11 is 0. The zero-order valence-corrected chi connectivity index (χ0v) is 11.3. The molecule has 2 heteroatoms. The molecule has 0 N–H and O–H groups in total. The van der Waals surface area contributed by atoms with Gasteiger partial charge < -0.3 is 4.74 Å². The zero-order chi connectivity index (χ0) is 12.2. The number of ether oxygens (including phenoxy) is 1. The van der Waals surface area contributed by atoms with Crippen LogP contribution in [-0.2, 0) is 9.53 Å². The highest BCUT2D eigenvalue weighted by Crippen LogP contribution is 2.10. The fraction of sp³-hybridized carbons (Fsp3) is 0.929. The number of methoxy groups -OCH3 is 1. The summed E-state index contributed by atoms with van der Waals surface area (Å²) in [5.74, 6) is 0.776. The van der Waals surface area contributed by atoms with Gasteiger partial charge in [0, 0.05) is 26.6 Å². The van der Waals surface area contributed by atoms with Crippen LogP contribution in [0.5, 0.6) is 0 Å². The number of carbonyl (C=O) groups excluding carboxylic acids is 1. The Balaban J connectivity index is 3.30. The summed E-state index contributed by atoms with van der Waals surface area (Å²) in [7, 11) is 1.69. The Morgan fingerprint density at radius 2 is 1.75 bits per heavy atom. The topological polar surface area (TPSA) is 26.3 Å². The van der Waals surface area contributed by atoms with Crippen molar-refractivity contribution in [3.05, 3.63) is 0 Å². The first-order valence-electron chi connectivity index (χ1n) is 6.71. The van der Waals surface area contributed by atoms with Gasteiger partial charge in [0.1, 0.15) is 5.78 Å². The molecule has 0 heterocycles. The van der Waals surface area contributed by atoms with Crippen molar-refractivity contribution in [1.29, 1.82) is 0 Å². The van der Waals surface area contributed by atoms with Crippen molar-refractivity contribution in [3.63, 3.8) is 0 Å². The van der Waals surface area contributed by atoms with Gasteiger partial charge >= 0.3 is 0 Å². The lowest BCUT2D eigenvalue weighted by molar-refractivity contribution is -0.120. The molecule has 0 aromatic rings. The minimum absolute atomic E-state index is 0.373. The number of unbranched alkanes of at least 4 members (excludes halogenated alkanes) is 5. The van der Waals surface area contributed by atoms with Gasteiger partial charge in [-0.1, -0.05) is 46.0 Å². The van der Waals surface area contributed by atoms with Crippen LogP contribution in [0.2, 0.25) is 0 Å². The number of hydrogen-bond donors (Lipinski definition) is 0. The van der Waals surface area contributed by atoms with Crippen molar-refractivity contribution >= 4 is 5.78 Å². The third kappa shape index (κ3) is 10.2. The van der Waals surface area contributed by atoms with Gasteiger partial charge in [0.25, 0.3) is 0 Å². The van der Waals surface area contributed by atoms with Crippen LogP contribution in [0.3, 0.4) is 0 Å². The highest BCUT2D eigenvalue weighted by atomic mass is 16.5. The molecule has 0 fully saturated rings. The molecule has 96 valence electrons. The standard InChI is InChI=1S/C14H28O2/c1-4-5-6-7-8-9-10-14(15)11-13(2)12-16-3/h13H,4-12H2,1-3H3. The maximum Gasteiger partial charge on any atom is 0.133 e. The average molecular weight is 228 g/mol. The highest BCUT2D eigenvalue weighted by Gasteiger charge is 2.08. The maximum atomic E-state index is 11.6. The van der Waals surface area contributed by atoms with Crippen molar-refractivity contribution in [1.82, 2.24) is 0 Å². The van der Waals surface area contributed by atoms with Gasteiger partial charge in [0.15, 0.2) is 0 Å². The van der Waals surface area contributed by atoms with Crippen LogP contribution in [0.1, 0.15) is 65.2 Å². The molecule has 0 amide bonds. The first kappa shape index (κ1) is 15.6. The molecular formula is C14H28O2. The van der Waals surface area contributed by atoms with Crippen molar-refractivity contribution in [2.24, 2.45) is 5.92 Å². The van der Waals surface area contributed by atoms with Gasteiger partial charge in [-0.25, -0.2) is 0 Å². The van der Waals surface area contributed by atoms with E-state index in [4.69, 9.17) is 4.74 Å². The predicted molar refractivity (Wildman–Crippen MR) is 68.7 cm³/mol. The number of Topliss-reactive ketones (excluding diaryl/α,β-unsaturated/α-hetero) is 1. The van der Waals surface area contributed by atoms with Crippen LogP contribution in [0.4, 0.5) is 0 Å². The zero-order valence-electron chi connectivity index (χ0n) is 11.3. The summed E-state index contributed by atoms with van der Waals surface area (Å²) < 4.78 is 5.02. The molecule has 0 saturated heterocycles. The summed E-state index contributed by atoms with van der Waals surface area (Å²) in [6, 6.07) is 0. The van der Waals surface area contributed by atoms with Crippen LogP contribution in [0.25, 0.3) is 0 Å². The number of hydrogen-bond acceptors (Lipinski definition) is 2. The summed E-state index contributed by atoms with van der Waals surface area (Å²) in [5, 5.41) is 0. The highest BCUT2D eigenvalue weighted by molar-refractivity contribution is 5.78. The molecular weight excluding hydrogens is 200 g/mol. The second-order valence-corrected chi connectivity index (χ2v) is 4.82. The fourth-order valence-corrected chi connectivity index (χ4v) is 1.94. The van der Waals surface area contributed by atoms with E-state index >= 15 is 0 Å². The Bertz CT molecular complexity index is 166. The quantitative estimate of drug-likeness (QED) is 0.500. The van der Waals surface area contributed by atoms with Gasteiger partial charge in [-0.15, -0.1) is 0 Å². The molecule has 0 aliphatic carbocycles. The second-order valence-electron chi connectivity index (χ2n) is 4.82. The molecule has 0 aromatic carbocycles. The van der Waals surface area contributed by atoms with Crippen LogP contribution >= 0.6 is 0 Å². The molecule has 0 bridgehead atoms. The fourth-order valence-electron chi connectivity index (χ4n) is 1.94. The summed E-state index contributed by atoms with van der Waals surface area (Å²) in [5.41, 5.74) is 0. The summed E-state index contributed by atoms with van der Waals surface area (Å²) in [6.07, 6.45) is 8.96. The minimum atomic E-state index is 0.373. The molecule has 0 aliphatic heterocycles. The SMILES string of the molecule is CCCCCCCCC(=O)CC(C)COC. The molecule has 1 unspecified atom stereocenters. The van der Waals surface area contributed by atoms with Crippen molar-refractivity contribution in [3.8, 4) is 0 Å². The number of carbonyl (C=O) groups is 1. The molecule has 1 atom stereocenters. The molecule has 0 aromatic heterocycles. The lowest BCUT2D eigenvalue weighted by Gasteiger charge is -2.08. The Hall–Kier alpha value is -0.370. The largest absolute Gasteiger partial charge is 0.384 e. The first-order chi connectivity index (χ1) is 7.70. The van der Waals surface area contributed by atoms with Crippen molar-refractivity contribution in [2.45, 2.75) is 65.2 Å². The van der Waals surface area contributed by atoms with Crippen molar-refractivity contribution in [2.75, 3.05) is 13.7 Å². The Morgan fingerprint density at radius 1 is 1.12 bits per heavy atom. The normalized spacial score (nSPS) is 12.7. The average Bonchev–Trinajstić information content (AvgIpc) is 2.23. The molecule has 16 heavy (non-hydrogen) atoms. The van der Waals surface area contributed by atoms with E-state index in [9.17, 15) is 4.79 Å². The molecule has 0 rings (SSSR count). The first-order valence-corrected chi connectivity index (χ1v) is 6.71. The summed E-state index contributed by atoms with van der Waals surface area (Å²) in [4.78, 5) is 11.6. The Labute approximate surface area is 101 Å². The Kier molecular flexibility index (Phi) is 10.9. The Morgan fingerprint density at radius 3 is 2.38 bits per heavy atom. The number of ketones is 1. The smallest absolute Gasteiger partial charge is 0.133 e. The van der Waals surface area contributed by atoms with E-state index in [1.165, 1.54) is 32.1 Å². The molecule has 0 aliphatic rings. The van der Waals surface area contributed by atoms with E-state index in [-0.39, 0.29) is 0 Å². The number of rotatable bonds is 11.